The third kappa shape index (κ3) is 2.66. The molecule has 4 rings (SSSR count). The van der Waals surface area contributed by atoms with E-state index >= 15 is 0 Å². The molecule has 1 aromatic carbocycles. The summed E-state index contributed by atoms with van der Waals surface area (Å²) in [6.07, 6.45) is 2.37. The molecule has 1 atom stereocenters. The van der Waals surface area contributed by atoms with Crippen LogP contribution < -0.4 is 5.73 Å². The molecule has 24 heavy (non-hydrogen) atoms. The van der Waals surface area contributed by atoms with Crippen molar-refractivity contribution >= 4 is 11.0 Å². The lowest BCUT2D eigenvalue weighted by atomic mass is 10.0. The van der Waals surface area contributed by atoms with E-state index in [-0.39, 0.29) is 6.04 Å². The molecule has 2 N–H and O–H groups in total. The molecular weight excluding hydrogens is 298 g/mol. The van der Waals surface area contributed by atoms with Gasteiger partial charge < -0.3 is 5.73 Å². The molecule has 0 radical (unpaired) electrons. The first-order valence-corrected chi connectivity index (χ1v) is 8.17. The van der Waals surface area contributed by atoms with Crippen LogP contribution in [-0.2, 0) is 7.05 Å². The van der Waals surface area contributed by atoms with Gasteiger partial charge in [0.2, 0.25) is 0 Å². The smallest absolute Gasteiger partial charge is 0.162 e. The van der Waals surface area contributed by atoms with Crippen LogP contribution in [-0.4, -0.2) is 19.7 Å². The average molecular weight is 317 g/mol. The molecule has 2 aromatic heterocycles. The number of fused-ring (bicyclic) bond motifs is 1. The molecule has 0 amide bonds. The lowest BCUT2D eigenvalue weighted by molar-refractivity contribution is 0.774. The molecule has 120 valence electrons. The number of nitrogens with two attached hydrogens (primary N) is 1. The van der Waals surface area contributed by atoms with Crippen molar-refractivity contribution in [3.63, 3.8) is 0 Å². The highest BCUT2D eigenvalue weighted by molar-refractivity contribution is 5.84. The Labute approximate surface area is 140 Å². The van der Waals surface area contributed by atoms with Gasteiger partial charge in [0.15, 0.2) is 5.65 Å². The minimum atomic E-state index is -0.332. The second-order valence-corrected chi connectivity index (χ2v) is 6.26. The van der Waals surface area contributed by atoms with Crippen LogP contribution in [0.1, 0.15) is 41.7 Å². The van der Waals surface area contributed by atoms with E-state index in [0.29, 0.717) is 11.7 Å². The second-order valence-electron chi connectivity index (χ2n) is 6.26. The van der Waals surface area contributed by atoms with Gasteiger partial charge in [-0.1, -0.05) is 36.3 Å². The van der Waals surface area contributed by atoms with Crippen molar-refractivity contribution in [2.45, 2.75) is 25.8 Å². The number of benzene rings is 1. The minimum absolute atomic E-state index is 0.332. The average Bonchev–Trinajstić information content (AvgIpc) is 3.37. The topological polar surface area (TPSA) is 69.6 Å². The van der Waals surface area contributed by atoms with Gasteiger partial charge in [0, 0.05) is 13.0 Å². The predicted octanol–water partition coefficient (Wildman–Crippen LogP) is 2.48. The van der Waals surface area contributed by atoms with E-state index in [4.69, 9.17) is 5.73 Å². The van der Waals surface area contributed by atoms with Crippen molar-refractivity contribution in [3.8, 4) is 11.8 Å². The third-order valence-corrected chi connectivity index (χ3v) is 4.25. The van der Waals surface area contributed by atoms with Gasteiger partial charge >= 0.3 is 0 Å². The summed E-state index contributed by atoms with van der Waals surface area (Å²) in [5, 5.41) is 5.42. The van der Waals surface area contributed by atoms with Gasteiger partial charge in [-0.05, 0) is 31.2 Å². The summed E-state index contributed by atoms with van der Waals surface area (Å²) in [5.41, 5.74) is 9.83. The summed E-state index contributed by atoms with van der Waals surface area (Å²) in [5.74, 6) is 7.70. The van der Waals surface area contributed by atoms with Crippen molar-refractivity contribution in [3.05, 3.63) is 53.1 Å². The summed E-state index contributed by atoms with van der Waals surface area (Å²) in [6.45, 7) is 1.88. The van der Waals surface area contributed by atoms with E-state index in [2.05, 4.69) is 26.9 Å². The van der Waals surface area contributed by atoms with Gasteiger partial charge in [0.05, 0.1) is 17.1 Å². The van der Waals surface area contributed by atoms with E-state index < -0.39 is 0 Å². The number of rotatable bonds is 2. The molecule has 2 heterocycles. The van der Waals surface area contributed by atoms with E-state index in [1.807, 2.05) is 44.3 Å². The fourth-order valence-corrected chi connectivity index (χ4v) is 2.82. The van der Waals surface area contributed by atoms with Crippen molar-refractivity contribution in [1.82, 2.24) is 19.7 Å². The summed E-state index contributed by atoms with van der Waals surface area (Å²) < 4.78 is 1.77. The van der Waals surface area contributed by atoms with Crippen LogP contribution in [0.25, 0.3) is 11.0 Å². The molecule has 1 aliphatic carbocycles. The predicted molar refractivity (Wildman–Crippen MR) is 93.1 cm³/mol. The van der Waals surface area contributed by atoms with Crippen LogP contribution in [0.4, 0.5) is 0 Å². The largest absolute Gasteiger partial charge is 0.319 e. The van der Waals surface area contributed by atoms with Gasteiger partial charge in [-0.2, -0.15) is 5.10 Å². The SMILES string of the molecule is Cc1nc(C(N)c2ccccc2)c2c(C#CC3CC3)nn(C)c2n1. The Hall–Kier alpha value is -2.71. The highest BCUT2D eigenvalue weighted by atomic mass is 15.3. The zero-order valence-electron chi connectivity index (χ0n) is 13.8. The first kappa shape index (κ1) is 14.9. The minimum Gasteiger partial charge on any atom is -0.319 e. The number of aromatic nitrogens is 4. The maximum atomic E-state index is 6.52. The van der Waals surface area contributed by atoms with E-state index in [1.165, 1.54) is 12.8 Å². The maximum Gasteiger partial charge on any atom is 0.162 e. The van der Waals surface area contributed by atoms with Crippen LogP contribution in [0.3, 0.4) is 0 Å². The molecular formula is C19H19N5. The highest BCUT2D eigenvalue weighted by Gasteiger charge is 2.22. The Kier molecular flexibility index (Phi) is 3.55. The van der Waals surface area contributed by atoms with E-state index in [1.54, 1.807) is 4.68 Å². The van der Waals surface area contributed by atoms with Crippen molar-refractivity contribution in [1.29, 1.82) is 0 Å². The Balaban J connectivity index is 1.92. The molecule has 1 fully saturated rings. The Morgan fingerprint density at radius 2 is 1.96 bits per heavy atom. The van der Waals surface area contributed by atoms with Gasteiger partial charge in [-0.15, -0.1) is 0 Å². The highest BCUT2D eigenvalue weighted by Crippen LogP contribution is 2.29. The molecule has 1 saturated carbocycles. The van der Waals surface area contributed by atoms with Crippen molar-refractivity contribution in [2.24, 2.45) is 18.7 Å². The Morgan fingerprint density at radius 3 is 2.67 bits per heavy atom. The lowest BCUT2D eigenvalue weighted by Gasteiger charge is -2.13. The Morgan fingerprint density at radius 1 is 1.21 bits per heavy atom. The number of nitrogens with zero attached hydrogens (tertiary/aromatic N) is 4. The van der Waals surface area contributed by atoms with Gasteiger partial charge in [-0.25, -0.2) is 14.6 Å². The number of hydrogen-bond donors (Lipinski definition) is 1. The van der Waals surface area contributed by atoms with Crippen LogP contribution >= 0.6 is 0 Å². The standard InChI is InChI=1S/C19H19N5/c1-12-21-18(17(20)14-6-4-3-5-7-14)16-15(11-10-13-8-9-13)23-24(2)19(16)22-12/h3-7,13,17H,8-9,20H2,1-2H3. The number of hydrogen-bond acceptors (Lipinski definition) is 4. The molecule has 0 saturated heterocycles. The van der Waals surface area contributed by atoms with Gasteiger partial charge in [-0.3, -0.25) is 0 Å². The lowest BCUT2D eigenvalue weighted by Crippen LogP contribution is -2.15. The first-order chi connectivity index (χ1) is 11.6. The maximum absolute atomic E-state index is 6.52. The van der Waals surface area contributed by atoms with Crippen molar-refractivity contribution in [2.75, 3.05) is 0 Å². The first-order valence-electron chi connectivity index (χ1n) is 8.17. The van der Waals surface area contributed by atoms with Crippen molar-refractivity contribution < 1.29 is 0 Å². The monoisotopic (exact) mass is 317 g/mol. The summed E-state index contributed by atoms with van der Waals surface area (Å²) in [4.78, 5) is 9.18. The molecule has 1 aliphatic rings. The molecule has 3 aromatic rings. The quantitative estimate of drug-likeness (QED) is 0.737. The van der Waals surface area contributed by atoms with Gasteiger partial charge in [0.25, 0.3) is 0 Å². The summed E-state index contributed by atoms with van der Waals surface area (Å²) in [7, 11) is 1.88. The third-order valence-electron chi connectivity index (χ3n) is 4.25. The zero-order valence-corrected chi connectivity index (χ0v) is 13.8. The fourth-order valence-electron chi connectivity index (χ4n) is 2.82. The van der Waals surface area contributed by atoms with Crippen LogP contribution in [0.15, 0.2) is 30.3 Å². The summed E-state index contributed by atoms with van der Waals surface area (Å²) in [6, 6.07) is 9.64. The molecule has 5 nitrogen and oxygen atoms in total. The fraction of sp³-hybridized carbons (Fsp3) is 0.316. The molecule has 0 spiro atoms. The van der Waals surface area contributed by atoms with Crippen LogP contribution in [0.2, 0.25) is 0 Å². The van der Waals surface area contributed by atoms with Gasteiger partial charge in [0.1, 0.15) is 11.5 Å². The Bertz CT molecular complexity index is 958. The van der Waals surface area contributed by atoms with Crippen LogP contribution in [0, 0.1) is 24.7 Å². The molecule has 5 heteroatoms. The zero-order chi connectivity index (χ0) is 16.7. The molecule has 1 unspecified atom stereocenters. The van der Waals surface area contributed by atoms with E-state index in [9.17, 15) is 0 Å². The second kappa shape index (κ2) is 5.73. The molecule has 0 aliphatic heterocycles. The molecule has 0 bridgehead atoms. The summed E-state index contributed by atoms with van der Waals surface area (Å²) >= 11 is 0. The van der Waals surface area contributed by atoms with Crippen LogP contribution in [0.5, 0.6) is 0 Å². The van der Waals surface area contributed by atoms with E-state index in [0.717, 1.165) is 28.0 Å². The number of aryl methyl sites for hydroxylation is 2. The normalized spacial score (nSPS) is 15.1.